The number of carbonyl (C=O) groups is 2. The molecule has 0 radical (unpaired) electrons. The van der Waals surface area contributed by atoms with Gasteiger partial charge >= 0.3 is 0 Å². The Morgan fingerprint density at radius 3 is 2.20 bits per heavy atom. The molecule has 1 N–H and O–H groups in total. The Labute approximate surface area is 214 Å². The van der Waals surface area contributed by atoms with E-state index in [4.69, 9.17) is 11.6 Å². The summed E-state index contributed by atoms with van der Waals surface area (Å²) in [6, 6.07) is 15.4. The van der Waals surface area contributed by atoms with Gasteiger partial charge < -0.3 is 10.2 Å². The molecule has 0 fully saturated rings. The molecular weight excluding hydrogens is 486 g/mol. The summed E-state index contributed by atoms with van der Waals surface area (Å²) in [7, 11) is -3.51. The van der Waals surface area contributed by atoms with E-state index in [-0.39, 0.29) is 37.4 Å². The Hall–Kier alpha value is -2.58. The van der Waals surface area contributed by atoms with Crippen LogP contribution in [-0.4, -0.2) is 50.0 Å². The number of sulfonamides is 1. The normalized spacial score (nSPS) is 13.1. The van der Waals surface area contributed by atoms with E-state index < -0.39 is 16.1 Å². The molecule has 2 atom stereocenters. The van der Waals surface area contributed by atoms with Crippen LogP contribution in [0, 0.1) is 0 Å². The lowest BCUT2D eigenvalue weighted by Crippen LogP contribution is -2.50. The van der Waals surface area contributed by atoms with Crippen LogP contribution in [0.3, 0.4) is 0 Å². The van der Waals surface area contributed by atoms with Crippen molar-refractivity contribution in [1.82, 2.24) is 10.2 Å². The van der Waals surface area contributed by atoms with Crippen molar-refractivity contribution in [3.8, 4) is 0 Å². The second-order valence-corrected chi connectivity index (χ2v) is 10.9. The third-order valence-electron chi connectivity index (χ3n) is 5.88. The largest absolute Gasteiger partial charge is 0.352 e. The number of benzene rings is 2. The molecule has 2 aromatic rings. The third-order valence-corrected chi connectivity index (χ3v) is 7.44. The van der Waals surface area contributed by atoms with Gasteiger partial charge in [0.1, 0.15) is 6.04 Å². The molecule has 9 heteroatoms. The Balaban J connectivity index is 2.22. The predicted octanol–water partition coefficient (Wildman–Crippen LogP) is 4.61. The van der Waals surface area contributed by atoms with E-state index in [1.807, 2.05) is 45.0 Å². The standard InChI is InChI=1S/C26H36ClN3O4S/c1-5-20(3)28-26(32)24(6-2)29(19-21-13-10-11-16-23(21)27)25(31)17-12-18-30(35(4,33)34)22-14-8-7-9-15-22/h7-11,13-16,20,24H,5-6,12,17-19H2,1-4H3,(H,28,32)/t20-,24-/m0/s1. The monoisotopic (exact) mass is 521 g/mol. The van der Waals surface area contributed by atoms with E-state index in [0.29, 0.717) is 23.6 Å². The summed E-state index contributed by atoms with van der Waals surface area (Å²) >= 11 is 6.36. The van der Waals surface area contributed by atoms with Gasteiger partial charge in [0.25, 0.3) is 0 Å². The Morgan fingerprint density at radius 1 is 1.00 bits per heavy atom. The first-order chi connectivity index (χ1) is 16.6. The smallest absolute Gasteiger partial charge is 0.243 e. The molecule has 2 aromatic carbocycles. The third kappa shape index (κ3) is 8.54. The van der Waals surface area contributed by atoms with Crippen LogP contribution in [0.1, 0.15) is 52.0 Å². The minimum absolute atomic E-state index is 0.0111. The highest BCUT2D eigenvalue weighted by molar-refractivity contribution is 7.92. The minimum Gasteiger partial charge on any atom is -0.352 e. The highest BCUT2D eigenvalue weighted by atomic mass is 35.5. The van der Waals surface area contributed by atoms with E-state index in [0.717, 1.165) is 18.2 Å². The summed E-state index contributed by atoms with van der Waals surface area (Å²) in [6.45, 7) is 6.13. The number of hydrogen-bond acceptors (Lipinski definition) is 4. The number of amides is 2. The number of nitrogens with one attached hydrogen (secondary N) is 1. The summed E-state index contributed by atoms with van der Waals surface area (Å²) in [4.78, 5) is 28.0. The van der Waals surface area contributed by atoms with Crippen molar-refractivity contribution >= 4 is 39.1 Å². The SMILES string of the molecule is CC[C@H](C)NC(=O)[C@H](CC)N(Cc1ccccc1Cl)C(=O)CCCN(c1ccccc1)S(C)(=O)=O. The summed E-state index contributed by atoms with van der Waals surface area (Å²) in [5.41, 5.74) is 1.30. The summed E-state index contributed by atoms with van der Waals surface area (Å²) in [5, 5.41) is 3.50. The maximum absolute atomic E-state index is 13.4. The lowest BCUT2D eigenvalue weighted by molar-refractivity contribution is -0.141. The van der Waals surface area contributed by atoms with E-state index in [1.165, 1.54) is 4.31 Å². The lowest BCUT2D eigenvalue weighted by Gasteiger charge is -2.32. The van der Waals surface area contributed by atoms with Crippen molar-refractivity contribution in [2.75, 3.05) is 17.1 Å². The molecule has 0 unspecified atom stereocenters. The molecule has 192 valence electrons. The molecular formula is C26H36ClN3O4S. The second-order valence-electron chi connectivity index (χ2n) is 8.63. The maximum Gasteiger partial charge on any atom is 0.243 e. The Morgan fingerprint density at radius 2 is 1.63 bits per heavy atom. The molecule has 0 bridgehead atoms. The first-order valence-electron chi connectivity index (χ1n) is 11.9. The van der Waals surface area contributed by atoms with Crippen LogP contribution in [-0.2, 0) is 26.2 Å². The van der Waals surface area contributed by atoms with Crippen molar-refractivity contribution in [3.63, 3.8) is 0 Å². The average Bonchev–Trinajstić information content (AvgIpc) is 2.82. The van der Waals surface area contributed by atoms with Gasteiger partial charge in [-0.2, -0.15) is 0 Å². The van der Waals surface area contributed by atoms with Crippen molar-refractivity contribution in [2.24, 2.45) is 0 Å². The molecule has 0 saturated heterocycles. The van der Waals surface area contributed by atoms with Gasteiger partial charge in [-0.15, -0.1) is 0 Å². The van der Waals surface area contributed by atoms with Crippen molar-refractivity contribution in [3.05, 3.63) is 65.2 Å². The molecule has 0 aromatic heterocycles. The molecule has 2 amide bonds. The van der Waals surface area contributed by atoms with Crippen molar-refractivity contribution < 1.29 is 18.0 Å². The molecule has 7 nitrogen and oxygen atoms in total. The highest BCUT2D eigenvalue weighted by Gasteiger charge is 2.29. The van der Waals surface area contributed by atoms with Gasteiger partial charge in [-0.05, 0) is 49.9 Å². The molecule has 0 heterocycles. The fourth-order valence-electron chi connectivity index (χ4n) is 3.77. The van der Waals surface area contributed by atoms with Crippen LogP contribution >= 0.6 is 11.6 Å². The van der Waals surface area contributed by atoms with Gasteiger partial charge in [0.2, 0.25) is 21.8 Å². The minimum atomic E-state index is -3.51. The zero-order valence-electron chi connectivity index (χ0n) is 20.9. The van der Waals surface area contributed by atoms with E-state index in [2.05, 4.69) is 5.32 Å². The molecule has 2 rings (SSSR count). The number of halogens is 1. The zero-order chi connectivity index (χ0) is 26.0. The second kappa shape index (κ2) is 13.5. The van der Waals surface area contributed by atoms with Gasteiger partial charge in [0, 0.05) is 30.6 Å². The quantitative estimate of drug-likeness (QED) is 0.417. The van der Waals surface area contributed by atoms with Gasteiger partial charge in [-0.3, -0.25) is 13.9 Å². The fraction of sp³-hybridized carbons (Fsp3) is 0.462. The fourth-order valence-corrected chi connectivity index (χ4v) is 4.93. The van der Waals surface area contributed by atoms with E-state index in [1.54, 1.807) is 35.2 Å². The number of rotatable bonds is 13. The average molecular weight is 522 g/mol. The Bertz CT molecular complexity index is 1080. The molecule has 35 heavy (non-hydrogen) atoms. The first kappa shape index (κ1) is 28.7. The number of carbonyl (C=O) groups excluding carboxylic acids is 2. The molecule has 0 spiro atoms. The number of para-hydroxylation sites is 1. The van der Waals surface area contributed by atoms with Crippen LogP contribution in [0.4, 0.5) is 5.69 Å². The number of anilines is 1. The maximum atomic E-state index is 13.4. The number of nitrogens with zero attached hydrogens (tertiary/aromatic N) is 2. The summed E-state index contributed by atoms with van der Waals surface area (Å²) in [5.74, 6) is -0.429. The number of hydrogen-bond donors (Lipinski definition) is 1. The summed E-state index contributed by atoms with van der Waals surface area (Å²) < 4.78 is 26.0. The molecule has 0 aliphatic rings. The van der Waals surface area contributed by atoms with Crippen LogP contribution in [0.5, 0.6) is 0 Å². The van der Waals surface area contributed by atoms with Crippen LogP contribution in [0.15, 0.2) is 54.6 Å². The summed E-state index contributed by atoms with van der Waals surface area (Å²) in [6.07, 6.45) is 2.77. The van der Waals surface area contributed by atoms with Gasteiger partial charge in [-0.25, -0.2) is 8.42 Å². The van der Waals surface area contributed by atoms with E-state index in [9.17, 15) is 18.0 Å². The van der Waals surface area contributed by atoms with Gasteiger partial charge in [0.05, 0.1) is 11.9 Å². The van der Waals surface area contributed by atoms with E-state index >= 15 is 0 Å². The predicted molar refractivity (Wildman–Crippen MR) is 142 cm³/mol. The van der Waals surface area contributed by atoms with Crippen LogP contribution in [0.25, 0.3) is 0 Å². The molecule has 0 saturated carbocycles. The topological polar surface area (TPSA) is 86.8 Å². The van der Waals surface area contributed by atoms with Crippen molar-refractivity contribution in [1.29, 1.82) is 0 Å². The van der Waals surface area contributed by atoms with Crippen molar-refractivity contribution in [2.45, 2.75) is 65.1 Å². The van der Waals surface area contributed by atoms with Gasteiger partial charge in [-0.1, -0.05) is 61.8 Å². The lowest BCUT2D eigenvalue weighted by atomic mass is 10.1. The molecule has 0 aliphatic carbocycles. The first-order valence-corrected chi connectivity index (χ1v) is 14.2. The van der Waals surface area contributed by atoms with Crippen LogP contribution in [0.2, 0.25) is 5.02 Å². The molecule has 0 aliphatic heterocycles. The zero-order valence-corrected chi connectivity index (χ0v) is 22.5. The van der Waals surface area contributed by atoms with Crippen LogP contribution < -0.4 is 9.62 Å². The Kier molecular flexibility index (Phi) is 11.0. The highest BCUT2D eigenvalue weighted by Crippen LogP contribution is 2.22. The van der Waals surface area contributed by atoms with Gasteiger partial charge in [0.15, 0.2) is 0 Å².